The molecule has 1 saturated carbocycles. The number of likely N-dealkylation sites (tertiary alicyclic amines) is 1. The quantitative estimate of drug-likeness (QED) is 0.760. The van der Waals surface area contributed by atoms with Crippen LogP contribution in [0.5, 0.6) is 0 Å². The summed E-state index contributed by atoms with van der Waals surface area (Å²) < 4.78 is 5.00. The number of ether oxygens (including phenoxy) is 1. The van der Waals surface area contributed by atoms with Gasteiger partial charge in [0.05, 0.1) is 13.2 Å². The van der Waals surface area contributed by atoms with Gasteiger partial charge in [0, 0.05) is 19.2 Å². The van der Waals surface area contributed by atoms with Gasteiger partial charge in [-0.3, -0.25) is 14.5 Å². The van der Waals surface area contributed by atoms with E-state index in [1.807, 2.05) is 11.8 Å². The van der Waals surface area contributed by atoms with E-state index in [0.29, 0.717) is 18.9 Å². The molecule has 0 spiro atoms. The molecule has 0 aromatic rings. The lowest BCUT2D eigenvalue weighted by Crippen LogP contribution is -2.49. The van der Waals surface area contributed by atoms with Gasteiger partial charge in [0.2, 0.25) is 5.91 Å². The molecular weight excluding hydrogens is 272 g/mol. The zero-order chi connectivity index (χ0) is 15.4. The number of rotatable bonds is 6. The standard InChI is InChI=1S/C15H26N2O4/c1-10(9-21-2)16-14(18)8-17-12-6-4-3-5-11(12)7-13(17)15(19)20/h10-13H,3-9H2,1-2H3,(H,16,18)(H,19,20). The number of amides is 1. The molecule has 0 bridgehead atoms. The number of methoxy groups -OCH3 is 1. The summed E-state index contributed by atoms with van der Waals surface area (Å²) in [5.74, 6) is -0.483. The number of hydrogen-bond donors (Lipinski definition) is 2. The van der Waals surface area contributed by atoms with Crippen molar-refractivity contribution in [2.45, 2.75) is 57.2 Å². The summed E-state index contributed by atoms with van der Waals surface area (Å²) in [5, 5.41) is 12.3. The fourth-order valence-corrected chi connectivity index (χ4v) is 3.80. The van der Waals surface area contributed by atoms with E-state index in [1.165, 1.54) is 6.42 Å². The summed E-state index contributed by atoms with van der Waals surface area (Å²) in [6.45, 7) is 2.51. The molecule has 1 aliphatic heterocycles. The molecule has 0 aromatic heterocycles. The Balaban J connectivity index is 1.97. The summed E-state index contributed by atoms with van der Waals surface area (Å²) in [6, 6.07) is -0.319. The molecule has 0 aromatic carbocycles. The van der Waals surface area contributed by atoms with E-state index in [-0.39, 0.29) is 24.5 Å². The Bertz CT molecular complexity index is 388. The number of carboxylic acids is 1. The van der Waals surface area contributed by atoms with Crippen LogP contribution >= 0.6 is 0 Å². The fourth-order valence-electron chi connectivity index (χ4n) is 3.80. The molecule has 4 atom stereocenters. The summed E-state index contributed by atoms with van der Waals surface area (Å²) >= 11 is 0. The van der Waals surface area contributed by atoms with Crippen LogP contribution in [0.2, 0.25) is 0 Å². The number of carboxylic acid groups (broad SMARTS) is 1. The molecule has 4 unspecified atom stereocenters. The Morgan fingerprint density at radius 2 is 2.10 bits per heavy atom. The van der Waals surface area contributed by atoms with E-state index >= 15 is 0 Å². The van der Waals surface area contributed by atoms with Crippen molar-refractivity contribution < 1.29 is 19.4 Å². The van der Waals surface area contributed by atoms with E-state index in [4.69, 9.17) is 4.74 Å². The molecular formula is C15H26N2O4. The maximum Gasteiger partial charge on any atom is 0.320 e. The molecule has 1 saturated heterocycles. The van der Waals surface area contributed by atoms with Crippen LogP contribution in [0.15, 0.2) is 0 Å². The highest BCUT2D eigenvalue weighted by atomic mass is 16.5. The van der Waals surface area contributed by atoms with Crippen molar-refractivity contribution in [2.75, 3.05) is 20.3 Å². The van der Waals surface area contributed by atoms with Crippen LogP contribution < -0.4 is 5.32 Å². The van der Waals surface area contributed by atoms with Crippen LogP contribution in [0, 0.1) is 5.92 Å². The first-order chi connectivity index (χ1) is 10.0. The zero-order valence-corrected chi connectivity index (χ0v) is 12.9. The highest BCUT2D eigenvalue weighted by Crippen LogP contribution is 2.39. The summed E-state index contributed by atoms with van der Waals surface area (Å²) in [6.07, 6.45) is 5.09. The number of fused-ring (bicyclic) bond motifs is 1. The van der Waals surface area contributed by atoms with Gasteiger partial charge in [0.25, 0.3) is 0 Å². The minimum Gasteiger partial charge on any atom is -0.480 e. The molecule has 6 heteroatoms. The lowest BCUT2D eigenvalue weighted by molar-refractivity contribution is -0.143. The van der Waals surface area contributed by atoms with Crippen LogP contribution in [0.1, 0.15) is 39.0 Å². The number of aliphatic carboxylic acids is 1. The van der Waals surface area contributed by atoms with E-state index in [1.54, 1.807) is 7.11 Å². The zero-order valence-electron chi connectivity index (χ0n) is 12.9. The molecule has 21 heavy (non-hydrogen) atoms. The van der Waals surface area contributed by atoms with Gasteiger partial charge in [0.1, 0.15) is 6.04 Å². The SMILES string of the molecule is COCC(C)NC(=O)CN1C(C(=O)O)CC2CCCCC21. The molecule has 2 N–H and O–H groups in total. The van der Waals surface area contributed by atoms with E-state index in [9.17, 15) is 14.7 Å². The smallest absolute Gasteiger partial charge is 0.320 e. The lowest BCUT2D eigenvalue weighted by Gasteiger charge is -2.32. The molecule has 2 fully saturated rings. The molecule has 1 amide bonds. The van der Waals surface area contributed by atoms with Crippen LogP contribution in [-0.4, -0.2) is 60.3 Å². The third kappa shape index (κ3) is 3.95. The predicted octanol–water partition coefficient (Wildman–Crippen LogP) is 0.855. The fraction of sp³-hybridized carbons (Fsp3) is 0.867. The number of nitrogens with zero attached hydrogens (tertiary/aromatic N) is 1. The second-order valence-electron chi connectivity index (χ2n) is 6.30. The van der Waals surface area contributed by atoms with Crippen molar-refractivity contribution in [3.63, 3.8) is 0 Å². The third-order valence-electron chi connectivity index (χ3n) is 4.66. The predicted molar refractivity (Wildman–Crippen MR) is 78.0 cm³/mol. The topological polar surface area (TPSA) is 78.9 Å². The number of carbonyl (C=O) groups is 2. The molecule has 0 radical (unpaired) electrons. The highest BCUT2D eigenvalue weighted by Gasteiger charge is 2.45. The average molecular weight is 298 g/mol. The third-order valence-corrected chi connectivity index (χ3v) is 4.66. The van der Waals surface area contributed by atoms with Gasteiger partial charge in [-0.15, -0.1) is 0 Å². The molecule has 120 valence electrons. The van der Waals surface area contributed by atoms with Crippen molar-refractivity contribution in [1.29, 1.82) is 0 Å². The molecule has 1 heterocycles. The van der Waals surface area contributed by atoms with Crippen molar-refractivity contribution in [3.05, 3.63) is 0 Å². The monoisotopic (exact) mass is 298 g/mol. The van der Waals surface area contributed by atoms with Crippen LogP contribution in [0.4, 0.5) is 0 Å². The number of nitrogens with one attached hydrogen (secondary N) is 1. The number of hydrogen-bond acceptors (Lipinski definition) is 4. The maximum absolute atomic E-state index is 12.1. The van der Waals surface area contributed by atoms with Gasteiger partial charge in [-0.1, -0.05) is 12.8 Å². The molecule has 2 rings (SSSR count). The van der Waals surface area contributed by atoms with Gasteiger partial charge in [-0.2, -0.15) is 0 Å². The van der Waals surface area contributed by atoms with Crippen molar-refractivity contribution in [2.24, 2.45) is 5.92 Å². The summed E-state index contributed by atoms with van der Waals surface area (Å²) in [7, 11) is 1.59. The van der Waals surface area contributed by atoms with Crippen LogP contribution in [0.3, 0.4) is 0 Å². The summed E-state index contributed by atoms with van der Waals surface area (Å²) in [4.78, 5) is 25.5. The second kappa shape index (κ2) is 7.22. The Kier molecular flexibility index (Phi) is 5.58. The van der Waals surface area contributed by atoms with Gasteiger partial charge >= 0.3 is 5.97 Å². The molecule has 2 aliphatic rings. The Morgan fingerprint density at radius 1 is 1.38 bits per heavy atom. The van der Waals surface area contributed by atoms with Crippen LogP contribution in [-0.2, 0) is 14.3 Å². The largest absolute Gasteiger partial charge is 0.480 e. The minimum absolute atomic E-state index is 0.0597. The van der Waals surface area contributed by atoms with Crippen molar-refractivity contribution >= 4 is 11.9 Å². The lowest BCUT2D eigenvalue weighted by atomic mass is 9.85. The van der Waals surface area contributed by atoms with Crippen molar-refractivity contribution in [1.82, 2.24) is 10.2 Å². The normalized spacial score (nSPS) is 30.7. The van der Waals surface area contributed by atoms with E-state index in [0.717, 1.165) is 19.3 Å². The minimum atomic E-state index is -0.804. The first-order valence-electron chi connectivity index (χ1n) is 7.79. The van der Waals surface area contributed by atoms with Crippen molar-refractivity contribution in [3.8, 4) is 0 Å². The van der Waals surface area contributed by atoms with Gasteiger partial charge in [0.15, 0.2) is 0 Å². The van der Waals surface area contributed by atoms with Gasteiger partial charge in [-0.25, -0.2) is 0 Å². The molecule has 6 nitrogen and oxygen atoms in total. The Labute approximate surface area is 125 Å². The van der Waals surface area contributed by atoms with E-state index in [2.05, 4.69) is 5.32 Å². The summed E-state index contributed by atoms with van der Waals surface area (Å²) in [5.41, 5.74) is 0. The van der Waals surface area contributed by atoms with Gasteiger partial charge < -0.3 is 15.2 Å². The second-order valence-corrected chi connectivity index (χ2v) is 6.30. The Hall–Kier alpha value is -1.14. The van der Waals surface area contributed by atoms with Gasteiger partial charge in [-0.05, 0) is 32.1 Å². The Morgan fingerprint density at radius 3 is 2.76 bits per heavy atom. The first-order valence-corrected chi connectivity index (χ1v) is 7.79. The highest BCUT2D eigenvalue weighted by molar-refractivity contribution is 5.80. The van der Waals surface area contributed by atoms with E-state index < -0.39 is 12.0 Å². The molecule has 1 aliphatic carbocycles. The average Bonchev–Trinajstić information content (AvgIpc) is 2.78. The first kappa shape index (κ1) is 16.2. The van der Waals surface area contributed by atoms with Crippen LogP contribution in [0.25, 0.3) is 0 Å². The number of carbonyl (C=O) groups excluding carboxylic acids is 1. The maximum atomic E-state index is 12.1.